The summed E-state index contributed by atoms with van der Waals surface area (Å²) in [5.74, 6) is -2.93. The number of unbranched alkanes of at least 4 members (excludes halogenated alkanes) is 58. The van der Waals surface area contributed by atoms with Gasteiger partial charge >= 0.3 is 31.7 Å². The smallest absolute Gasteiger partial charge is 0.463 e. The number of hydrogen-bond acceptors (Lipinski definition) is 24. The Morgan fingerprint density at radius 2 is 0.570 bits per heavy atom. The molecule has 0 aromatic carbocycles. The lowest BCUT2D eigenvalue weighted by Crippen LogP contribution is -2.70. The number of hydrogen-bond donors (Lipinski definition) is 10. The molecule has 2 aliphatic heterocycles. The van der Waals surface area contributed by atoms with Crippen molar-refractivity contribution in [3.05, 3.63) is 0 Å². The van der Waals surface area contributed by atoms with E-state index in [1.807, 2.05) is 0 Å². The molecule has 0 aromatic rings. The van der Waals surface area contributed by atoms with Crippen LogP contribution in [0.25, 0.3) is 0 Å². The first-order valence-corrected chi connectivity index (χ1v) is 51.3. The first-order valence-electron chi connectivity index (χ1n) is 49.8. The number of phosphoric ester groups is 1. The average molecular weight is 1750 g/mol. The number of carbonyl (C=O) groups excluding carboxylic acids is 4. The predicted molar refractivity (Wildman–Crippen MR) is 472 cm³/mol. The molecule has 1 saturated carbocycles. The number of phosphoric acid groups is 1. The second-order valence-electron chi connectivity index (χ2n) is 35.7. The van der Waals surface area contributed by atoms with E-state index in [-0.39, 0.29) is 25.7 Å². The molecule has 0 spiro atoms. The highest BCUT2D eigenvalue weighted by Crippen LogP contribution is 2.49. The Morgan fingerprint density at radius 1 is 0.298 bits per heavy atom. The van der Waals surface area contributed by atoms with Crippen LogP contribution in [0.3, 0.4) is 0 Å². The van der Waals surface area contributed by atoms with Crippen molar-refractivity contribution in [1.82, 2.24) is 0 Å². The van der Waals surface area contributed by atoms with Gasteiger partial charge in [0.1, 0.15) is 92.6 Å². The monoisotopic (exact) mass is 1750 g/mol. The van der Waals surface area contributed by atoms with E-state index >= 15 is 0 Å². The van der Waals surface area contributed by atoms with Crippen molar-refractivity contribution in [2.45, 2.75) is 556 Å². The third kappa shape index (κ3) is 53.9. The quantitative estimate of drug-likeness (QED) is 0.0117. The zero-order valence-electron chi connectivity index (χ0n) is 76.4. The van der Waals surface area contributed by atoms with Crippen molar-refractivity contribution in [2.75, 3.05) is 26.4 Å². The maximum atomic E-state index is 14.9. The van der Waals surface area contributed by atoms with Gasteiger partial charge in [-0.2, -0.15) is 0 Å². The maximum Gasteiger partial charge on any atom is 0.472 e. The second kappa shape index (κ2) is 74.3. The SMILES string of the molecule is CCCCCCCCCCCCCCCCCCC(=O)OCC(COP(=O)(O)OC1C(OC2OC(CO)C(O)C(O)C2O)C(O)C(O)C(OC(=O)CCCCCCCCCCCCCCCCC)C1OC1OC(COC(=O)CCCCCCCCCCCCCCCCC)C(O)C(O)C1O)OC(=O)CCCCCCCCCCCCCCCCCC. The van der Waals surface area contributed by atoms with Crippen molar-refractivity contribution in [3.8, 4) is 0 Å². The first-order chi connectivity index (χ1) is 58.7. The van der Waals surface area contributed by atoms with E-state index in [1.54, 1.807) is 0 Å². The number of aliphatic hydroxyl groups is 9. The van der Waals surface area contributed by atoms with E-state index in [4.69, 9.17) is 46.9 Å². The van der Waals surface area contributed by atoms with Crippen LogP contribution in [0.5, 0.6) is 0 Å². The average Bonchev–Trinajstić information content (AvgIpc) is 0.754. The molecule has 10 N–H and O–H groups in total. The molecule has 0 amide bonds. The molecule has 3 aliphatic rings. The Labute approximate surface area is 731 Å². The summed E-state index contributed by atoms with van der Waals surface area (Å²) in [5.41, 5.74) is 0. The summed E-state index contributed by atoms with van der Waals surface area (Å²) in [5, 5.41) is 103. The molecular weight excluding hydrogens is 1570 g/mol. The van der Waals surface area contributed by atoms with Crippen LogP contribution in [0, 0.1) is 0 Å². The van der Waals surface area contributed by atoms with Gasteiger partial charge in [0.2, 0.25) is 0 Å². The lowest BCUT2D eigenvalue weighted by molar-refractivity contribution is -0.360. The summed E-state index contributed by atoms with van der Waals surface area (Å²) in [6, 6.07) is 0. The molecule has 0 aromatic heterocycles. The molecular formula is C95H179O25P. The highest BCUT2D eigenvalue weighted by atomic mass is 31.2. The molecule has 3 rings (SSSR count). The van der Waals surface area contributed by atoms with Crippen LogP contribution < -0.4 is 0 Å². The Bertz CT molecular complexity index is 2500. The molecule has 121 heavy (non-hydrogen) atoms. The normalized spacial score (nSPS) is 24.5. The van der Waals surface area contributed by atoms with E-state index in [0.29, 0.717) is 32.1 Å². The highest BCUT2D eigenvalue weighted by molar-refractivity contribution is 7.47. The van der Waals surface area contributed by atoms with Crippen LogP contribution in [0.15, 0.2) is 0 Å². The van der Waals surface area contributed by atoms with Gasteiger partial charge in [-0.3, -0.25) is 28.2 Å². The van der Waals surface area contributed by atoms with Gasteiger partial charge in [-0.05, 0) is 25.7 Å². The fourth-order valence-electron chi connectivity index (χ4n) is 16.7. The van der Waals surface area contributed by atoms with Gasteiger partial charge in [-0.15, -0.1) is 0 Å². The number of carbonyl (C=O) groups is 4. The summed E-state index contributed by atoms with van der Waals surface area (Å²) < 4.78 is 73.6. The highest BCUT2D eigenvalue weighted by Gasteiger charge is 2.60. The van der Waals surface area contributed by atoms with Crippen molar-refractivity contribution in [3.63, 3.8) is 0 Å². The minimum absolute atomic E-state index is 0.0204. The first kappa shape index (κ1) is 113. The Kier molecular flexibility index (Phi) is 69.1. The molecule has 25 nitrogen and oxygen atoms in total. The molecule has 714 valence electrons. The van der Waals surface area contributed by atoms with Gasteiger partial charge in [-0.25, -0.2) is 4.57 Å². The topological polar surface area (TPSA) is 380 Å². The standard InChI is InChI=1S/C95H179O25P/c1-5-9-13-17-21-25-29-33-37-41-44-47-51-55-59-63-67-78(97)111-72-75(114-80(99)69-65-61-57-53-49-46-42-38-34-30-26-22-18-14-10-6-2)73-113-121(109,110)120-93-91(118-94-88(107)84(103)82(101)76(71-96)115-94)87(106)86(105)90(117-81(100)70-66-62-58-54-50-45-40-36-32-28-24-20-16-12-8-4)92(93)119-95-89(108)85(104)83(102)77(116-95)74-112-79(98)68-64-60-56-52-48-43-39-35-31-27-23-19-15-11-7-3/h75-77,82-96,101-108H,5-74H2,1-4H3,(H,109,110). The predicted octanol–water partition coefficient (Wildman–Crippen LogP) is 19.3. The summed E-state index contributed by atoms with van der Waals surface area (Å²) in [7, 11) is -5.80. The zero-order chi connectivity index (χ0) is 88.2. The third-order valence-corrected chi connectivity index (χ3v) is 25.6. The molecule has 1 aliphatic carbocycles. The summed E-state index contributed by atoms with van der Waals surface area (Å²) in [4.78, 5) is 66.6. The van der Waals surface area contributed by atoms with Crippen LogP contribution >= 0.6 is 7.82 Å². The van der Waals surface area contributed by atoms with Gasteiger partial charge in [0, 0.05) is 25.7 Å². The van der Waals surface area contributed by atoms with E-state index < -0.39 is 162 Å². The Hall–Kier alpha value is -2.53. The van der Waals surface area contributed by atoms with Gasteiger partial charge in [-0.1, -0.05) is 400 Å². The van der Waals surface area contributed by atoms with E-state index in [1.165, 1.54) is 238 Å². The molecule has 2 saturated heterocycles. The second-order valence-corrected chi connectivity index (χ2v) is 37.1. The summed E-state index contributed by atoms with van der Waals surface area (Å²) >= 11 is 0. The van der Waals surface area contributed by atoms with Crippen LogP contribution in [-0.2, 0) is 70.7 Å². The minimum Gasteiger partial charge on any atom is -0.463 e. The zero-order valence-corrected chi connectivity index (χ0v) is 77.2. The van der Waals surface area contributed by atoms with Crippen molar-refractivity contribution in [2.24, 2.45) is 0 Å². The molecule has 0 radical (unpaired) electrons. The van der Waals surface area contributed by atoms with Crippen LogP contribution in [0.1, 0.15) is 451 Å². The van der Waals surface area contributed by atoms with Crippen LogP contribution in [0.4, 0.5) is 0 Å². The van der Waals surface area contributed by atoms with Crippen molar-refractivity contribution >= 4 is 31.7 Å². The van der Waals surface area contributed by atoms with Gasteiger partial charge in [0.15, 0.2) is 24.8 Å². The largest absolute Gasteiger partial charge is 0.472 e. The van der Waals surface area contributed by atoms with Crippen molar-refractivity contribution < 1.29 is 122 Å². The molecule has 26 heteroatoms. The van der Waals surface area contributed by atoms with E-state index in [2.05, 4.69) is 27.7 Å². The maximum absolute atomic E-state index is 14.9. The summed E-state index contributed by atoms with van der Waals surface area (Å²) in [6.45, 7) is 5.67. The minimum atomic E-state index is -5.80. The van der Waals surface area contributed by atoms with E-state index in [0.717, 1.165) is 128 Å². The lowest BCUT2D eigenvalue weighted by Gasteiger charge is -2.50. The Balaban J connectivity index is 1.89. The van der Waals surface area contributed by atoms with Crippen molar-refractivity contribution in [1.29, 1.82) is 0 Å². The third-order valence-electron chi connectivity index (χ3n) is 24.6. The van der Waals surface area contributed by atoms with Crippen LogP contribution in [-0.4, -0.2) is 205 Å². The number of aliphatic hydroxyl groups excluding tert-OH is 9. The van der Waals surface area contributed by atoms with Crippen LogP contribution in [0.2, 0.25) is 0 Å². The van der Waals surface area contributed by atoms with E-state index in [9.17, 15) is 74.6 Å². The molecule has 2 heterocycles. The lowest BCUT2D eigenvalue weighted by atomic mass is 9.84. The molecule has 18 atom stereocenters. The Morgan fingerprint density at radius 3 is 0.901 bits per heavy atom. The number of ether oxygens (including phenoxy) is 8. The van der Waals surface area contributed by atoms with Gasteiger partial charge in [0.25, 0.3) is 0 Å². The molecule has 3 fully saturated rings. The fourth-order valence-corrected chi connectivity index (χ4v) is 17.7. The number of rotatable bonds is 82. The molecule has 0 bridgehead atoms. The van der Waals surface area contributed by atoms with Gasteiger partial charge in [0.05, 0.1) is 13.2 Å². The molecule has 18 unspecified atom stereocenters. The van der Waals surface area contributed by atoms with Gasteiger partial charge < -0.3 is 88.7 Å². The fraction of sp³-hybridized carbons (Fsp3) is 0.958. The summed E-state index contributed by atoms with van der Waals surface area (Å²) in [6.07, 6.45) is 33.4. The number of esters is 4.